The summed E-state index contributed by atoms with van der Waals surface area (Å²) in [4.78, 5) is 10.9. The van der Waals surface area contributed by atoms with Gasteiger partial charge in [-0.05, 0) is 18.1 Å². The van der Waals surface area contributed by atoms with E-state index in [9.17, 15) is 9.18 Å². The van der Waals surface area contributed by atoms with Crippen molar-refractivity contribution in [1.82, 2.24) is 0 Å². The van der Waals surface area contributed by atoms with Crippen LogP contribution in [0, 0.1) is 11.7 Å². The smallest absolute Gasteiger partial charge is 0.341 e. The normalized spacial score (nSPS) is 10.5. The Morgan fingerprint density at radius 1 is 1.56 bits per heavy atom. The Hall–Kier alpha value is -1.78. The van der Waals surface area contributed by atoms with Crippen LogP contribution in [0.4, 0.5) is 10.1 Å². The average Bonchev–Trinajstić information content (AvgIpc) is 2.19. The molecule has 0 radical (unpaired) electrons. The van der Waals surface area contributed by atoms with Crippen molar-refractivity contribution >= 4 is 11.7 Å². The van der Waals surface area contributed by atoms with E-state index in [0.29, 0.717) is 6.61 Å². The number of halogens is 1. The van der Waals surface area contributed by atoms with Gasteiger partial charge in [0.2, 0.25) is 0 Å². The SMILES string of the molecule is CC(C)COc1ccc(F)c(N)c1C(=O)O. The van der Waals surface area contributed by atoms with Crippen LogP contribution in [0.15, 0.2) is 12.1 Å². The molecule has 5 heteroatoms. The van der Waals surface area contributed by atoms with Gasteiger partial charge in [-0.25, -0.2) is 9.18 Å². The summed E-state index contributed by atoms with van der Waals surface area (Å²) in [5, 5.41) is 8.91. The van der Waals surface area contributed by atoms with Gasteiger partial charge in [0.05, 0.1) is 12.3 Å². The minimum Gasteiger partial charge on any atom is -0.492 e. The lowest BCUT2D eigenvalue weighted by Gasteiger charge is -2.12. The molecule has 0 fully saturated rings. The summed E-state index contributed by atoms with van der Waals surface area (Å²) in [6.45, 7) is 4.20. The number of anilines is 1. The minimum atomic E-state index is -1.30. The number of nitrogens with two attached hydrogens (primary N) is 1. The fourth-order valence-electron chi connectivity index (χ4n) is 1.17. The van der Waals surface area contributed by atoms with E-state index in [-0.39, 0.29) is 17.2 Å². The number of hydrogen-bond acceptors (Lipinski definition) is 3. The number of carbonyl (C=O) groups is 1. The summed E-state index contributed by atoms with van der Waals surface area (Å²) < 4.78 is 18.3. The van der Waals surface area contributed by atoms with Crippen LogP contribution in [-0.4, -0.2) is 17.7 Å². The summed E-state index contributed by atoms with van der Waals surface area (Å²) >= 11 is 0. The van der Waals surface area contributed by atoms with Crippen molar-refractivity contribution in [3.8, 4) is 5.75 Å². The van der Waals surface area contributed by atoms with E-state index in [1.807, 2.05) is 13.8 Å². The zero-order valence-corrected chi connectivity index (χ0v) is 9.16. The predicted molar refractivity (Wildman–Crippen MR) is 58.1 cm³/mol. The summed E-state index contributed by atoms with van der Waals surface area (Å²) in [5.74, 6) is -1.71. The van der Waals surface area contributed by atoms with Crippen LogP contribution in [0.3, 0.4) is 0 Å². The molecule has 0 saturated heterocycles. The van der Waals surface area contributed by atoms with Crippen LogP contribution < -0.4 is 10.5 Å². The lowest BCUT2D eigenvalue weighted by atomic mass is 10.1. The summed E-state index contributed by atoms with van der Waals surface area (Å²) in [7, 11) is 0. The van der Waals surface area contributed by atoms with Gasteiger partial charge in [0.1, 0.15) is 17.1 Å². The van der Waals surface area contributed by atoms with Gasteiger partial charge in [0.25, 0.3) is 0 Å². The Kier molecular flexibility index (Phi) is 3.71. The summed E-state index contributed by atoms with van der Waals surface area (Å²) in [6.07, 6.45) is 0. The second kappa shape index (κ2) is 4.83. The van der Waals surface area contributed by atoms with Gasteiger partial charge < -0.3 is 15.6 Å². The van der Waals surface area contributed by atoms with Gasteiger partial charge in [0, 0.05) is 0 Å². The number of carboxylic acid groups (broad SMARTS) is 1. The maximum absolute atomic E-state index is 13.1. The molecule has 0 aromatic heterocycles. The fourth-order valence-corrected chi connectivity index (χ4v) is 1.17. The monoisotopic (exact) mass is 227 g/mol. The molecule has 0 aliphatic carbocycles. The van der Waals surface area contributed by atoms with Crippen molar-refractivity contribution in [3.05, 3.63) is 23.5 Å². The lowest BCUT2D eigenvalue weighted by Crippen LogP contribution is -2.11. The van der Waals surface area contributed by atoms with E-state index in [2.05, 4.69) is 0 Å². The molecule has 88 valence electrons. The van der Waals surface area contributed by atoms with E-state index in [1.54, 1.807) is 0 Å². The van der Waals surface area contributed by atoms with Crippen molar-refractivity contribution in [2.45, 2.75) is 13.8 Å². The molecule has 3 N–H and O–H groups in total. The van der Waals surface area contributed by atoms with Gasteiger partial charge in [0.15, 0.2) is 0 Å². The van der Waals surface area contributed by atoms with Crippen molar-refractivity contribution in [2.75, 3.05) is 12.3 Å². The van der Waals surface area contributed by atoms with Crippen LogP contribution in [0.5, 0.6) is 5.75 Å². The summed E-state index contributed by atoms with van der Waals surface area (Å²) in [6, 6.07) is 2.37. The lowest BCUT2D eigenvalue weighted by molar-refractivity contribution is 0.0692. The van der Waals surface area contributed by atoms with E-state index in [1.165, 1.54) is 6.07 Å². The summed E-state index contributed by atoms with van der Waals surface area (Å²) in [5.41, 5.74) is 4.64. The number of nitrogen functional groups attached to an aromatic ring is 1. The van der Waals surface area contributed by atoms with Crippen molar-refractivity contribution in [2.24, 2.45) is 5.92 Å². The quantitative estimate of drug-likeness (QED) is 0.773. The molecule has 0 atom stereocenters. The average molecular weight is 227 g/mol. The Morgan fingerprint density at radius 2 is 2.19 bits per heavy atom. The number of hydrogen-bond donors (Lipinski definition) is 2. The molecule has 0 heterocycles. The third kappa shape index (κ3) is 2.62. The van der Waals surface area contributed by atoms with Crippen LogP contribution >= 0.6 is 0 Å². The second-order valence-corrected chi connectivity index (χ2v) is 3.84. The van der Waals surface area contributed by atoms with E-state index in [0.717, 1.165) is 6.07 Å². The highest BCUT2D eigenvalue weighted by Gasteiger charge is 2.18. The molecule has 0 amide bonds. The molecule has 4 nitrogen and oxygen atoms in total. The molecular formula is C11H14FNO3. The molecule has 16 heavy (non-hydrogen) atoms. The molecule has 1 aromatic carbocycles. The van der Waals surface area contributed by atoms with Gasteiger partial charge in [-0.2, -0.15) is 0 Å². The largest absolute Gasteiger partial charge is 0.492 e. The van der Waals surface area contributed by atoms with Crippen LogP contribution in [0.25, 0.3) is 0 Å². The minimum absolute atomic E-state index is 0.0973. The van der Waals surface area contributed by atoms with Crippen LogP contribution in [0.2, 0.25) is 0 Å². The number of benzene rings is 1. The Bertz CT molecular complexity index is 404. The van der Waals surface area contributed by atoms with Gasteiger partial charge in [-0.1, -0.05) is 13.8 Å². The number of aromatic carboxylic acids is 1. The van der Waals surface area contributed by atoms with E-state index >= 15 is 0 Å². The molecule has 0 aliphatic rings. The molecular weight excluding hydrogens is 213 g/mol. The highest BCUT2D eigenvalue weighted by atomic mass is 19.1. The van der Waals surface area contributed by atoms with E-state index < -0.39 is 17.5 Å². The Balaban J connectivity index is 3.08. The van der Waals surface area contributed by atoms with Crippen molar-refractivity contribution in [3.63, 3.8) is 0 Å². The molecule has 0 unspecified atom stereocenters. The fraction of sp³-hybridized carbons (Fsp3) is 0.364. The number of ether oxygens (including phenoxy) is 1. The van der Waals surface area contributed by atoms with E-state index in [4.69, 9.17) is 15.6 Å². The topological polar surface area (TPSA) is 72.5 Å². The third-order valence-electron chi connectivity index (χ3n) is 1.94. The number of carboxylic acids is 1. The van der Waals surface area contributed by atoms with Crippen molar-refractivity contribution in [1.29, 1.82) is 0 Å². The van der Waals surface area contributed by atoms with Gasteiger partial charge in [-0.3, -0.25) is 0 Å². The van der Waals surface area contributed by atoms with Crippen LogP contribution in [0.1, 0.15) is 24.2 Å². The Morgan fingerprint density at radius 3 is 2.69 bits per heavy atom. The molecule has 0 aliphatic heterocycles. The molecule has 1 rings (SSSR count). The zero-order valence-electron chi connectivity index (χ0n) is 9.16. The first-order valence-electron chi connectivity index (χ1n) is 4.87. The first-order chi connectivity index (χ1) is 7.43. The first-order valence-corrected chi connectivity index (χ1v) is 4.87. The predicted octanol–water partition coefficient (Wildman–Crippen LogP) is 2.14. The molecule has 0 saturated carbocycles. The third-order valence-corrected chi connectivity index (χ3v) is 1.94. The Labute approximate surface area is 92.8 Å². The maximum atomic E-state index is 13.1. The number of rotatable bonds is 4. The van der Waals surface area contributed by atoms with Gasteiger partial charge in [-0.15, -0.1) is 0 Å². The molecule has 0 spiro atoms. The molecule has 0 bridgehead atoms. The standard InChI is InChI=1S/C11H14FNO3/c1-6(2)5-16-8-4-3-7(12)10(13)9(8)11(14)15/h3-4,6H,5,13H2,1-2H3,(H,14,15). The highest BCUT2D eigenvalue weighted by molar-refractivity contribution is 5.96. The van der Waals surface area contributed by atoms with Crippen molar-refractivity contribution < 1.29 is 19.0 Å². The maximum Gasteiger partial charge on any atom is 0.341 e. The zero-order chi connectivity index (χ0) is 12.3. The molecule has 1 aromatic rings. The van der Waals surface area contributed by atoms with Crippen LogP contribution in [-0.2, 0) is 0 Å². The highest BCUT2D eigenvalue weighted by Crippen LogP contribution is 2.27. The first kappa shape index (κ1) is 12.3. The second-order valence-electron chi connectivity index (χ2n) is 3.84. The van der Waals surface area contributed by atoms with Gasteiger partial charge >= 0.3 is 5.97 Å².